The second kappa shape index (κ2) is 12.1. The van der Waals surface area contributed by atoms with Gasteiger partial charge in [0, 0.05) is 32.8 Å². The highest BCUT2D eigenvalue weighted by atomic mass is 16.3. The van der Waals surface area contributed by atoms with Crippen molar-refractivity contribution in [1.29, 1.82) is 0 Å². The van der Waals surface area contributed by atoms with Crippen LogP contribution in [-0.4, -0.2) is 0 Å². The normalized spacial score (nSPS) is 13.1. The third-order valence-electron chi connectivity index (χ3n) is 11.8. The van der Waals surface area contributed by atoms with Crippen LogP contribution in [0.3, 0.4) is 0 Å². The molecule has 2 heteroatoms. The van der Waals surface area contributed by atoms with E-state index in [9.17, 15) is 0 Å². The molecule has 11 rings (SSSR count). The molecule has 0 spiro atoms. The molecule has 0 unspecified atom stereocenters. The fourth-order valence-electron chi connectivity index (χ4n) is 9.36. The van der Waals surface area contributed by atoms with Crippen LogP contribution in [0.2, 0.25) is 0 Å². The number of para-hydroxylation sites is 1. The van der Waals surface area contributed by atoms with Gasteiger partial charge < -0.3 is 9.32 Å². The van der Waals surface area contributed by atoms with Crippen LogP contribution in [0.5, 0.6) is 0 Å². The zero-order valence-corrected chi connectivity index (χ0v) is 30.8. The van der Waals surface area contributed by atoms with Gasteiger partial charge in [-0.2, -0.15) is 0 Å². The predicted octanol–water partition coefficient (Wildman–Crippen LogP) is 15.0. The van der Waals surface area contributed by atoms with Gasteiger partial charge in [0.15, 0.2) is 0 Å². The van der Waals surface area contributed by atoms with Crippen molar-refractivity contribution in [2.75, 3.05) is 4.90 Å². The van der Waals surface area contributed by atoms with Crippen LogP contribution < -0.4 is 4.90 Å². The van der Waals surface area contributed by atoms with Gasteiger partial charge in [-0.15, -0.1) is 0 Å². The van der Waals surface area contributed by atoms with Crippen LogP contribution in [0.4, 0.5) is 17.1 Å². The van der Waals surface area contributed by atoms with E-state index in [2.05, 4.69) is 207 Å². The molecule has 0 bridgehead atoms. The van der Waals surface area contributed by atoms with Crippen molar-refractivity contribution in [3.63, 3.8) is 0 Å². The molecule has 0 aliphatic heterocycles. The lowest BCUT2D eigenvalue weighted by Gasteiger charge is -2.33. The van der Waals surface area contributed by atoms with Gasteiger partial charge in [-0.25, -0.2) is 0 Å². The third-order valence-corrected chi connectivity index (χ3v) is 11.8. The smallest absolute Gasteiger partial charge is 0.143 e. The number of furan rings is 1. The summed E-state index contributed by atoms with van der Waals surface area (Å²) >= 11 is 0. The van der Waals surface area contributed by atoms with E-state index in [-0.39, 0.29) is 5.41 Å². The van der Waals surface area contributed by atoms with E-state index in [0.29, 0.717) is 0 Å². The molecular formula is C53H37NO. The molecule has 1 heterocycles. The Kier molecular flexibility index (Phi) is 6.93. The first-order valence-electron chi connectivity index (χ1n) is 19.1. The Balaban J connectivity index is 1.16. The third kappa shape index (κ3) is 4.74. The average Bonchev–Trinajstić information content (AvgIpc) is 3.74. The Bertz CT molecular complexity index is 3120. The molecule has 0 N–H and O–H groups in total. The van der Waals surface area contributed by atoms with Gasteiger partial charge >= 0.3 is 0 Å². The maximum Gasteiger partial charge on any atom is 0.143 e. The number of fused-ring (bicyclic) bond motifs is 9. The molecule has 1 aliphatic rings. The molecule has 0 fully saturated rings. The molecule has 0 amide bonds. The Morgan fingerprint density at radius 2 is 1.02 bits per heavy atom. The highest BCUT2D eigenvalue weighted by Crippen LogP contribution is 2.55. The van der Waals surface area contributed by atoms with Crippen LogP contribution in [0.25, 0.3) is 76.9 Å². The molecule has 0 saturated carbocycles. The van der Waals surface area contributed by atoms with E-state index >= 15 is 0 Å². The SMILES string of the molecule is CC1(C)c2ccccc2-c2cccc(N(c3ccc(-c4cccc5ccccc45)cc3)c3ccccc3-c3cccc4oc5c6ccccc6ccc5c34)c21. The number of hydrogen-bond acceptors (Lipinski definition) is 2. The second-order valence-electron chi connectivity index (χ2n) is 15.2. The Morgan fingerprint density at radius 3 is 1.87 bits per heavy atom. The highest BCUT2D eigenvalue weighted by molar-refractivity contribution is 6.20. The molecule has 1 aromatic heterocycles. The standard InChI is InChI=1S/C53H37NO/c1-53(2)46-24-9-7-19-41(46)44-23-12-26-48(51(44)53)54(37-31-28-36(29-32-37)39-21-11-16-34-14-3-5-17-38(34)39)47-25-10-8-20-42(47)43-22-13-27-49-50(43)45-33-30-35-15-4-6-18-40(35)52(45)55-49/h3-33H,1-2H3. The van der Waals surface area contributed by atoms with Crippen LogP contribution in [0, 0.1) is 0 Å². The molecule has 2 nitrogen and oxygen atoms in total. The van der Waals surface area contributed by atoms with Crippen molar-refractivity contribution in [3.8, 4) is 33.4 Å². The summed E-state index contributed by atoms with van der Waals surface area (Å²) in [6.45, 7) is 4.75. The van der Waals surface area contributed by atoms with Crippen molar-refractivity contribution < 1.29 is 4.42 Å². The van der Waals surface area contributed by atoms with Gasteiger partial charge in [-0.3, -0.25) is 0 Å². The lowest BCUT2D eigenvalue weighted by Crippen LogP contribution is -2.21. The van der Waals surface area contributed by atoms with Crippen LogP contribution >= 0.6 is 0 Å². The van der Waals surface area contributed by atoms with Gasteiger partial charge in [0.2, 0.25) is 0 Å². The zero-order valence-electron chi connectivity index (χ0n) is 30.8. The zero-order chi connectivity index (χ0) is 36.7. The summed E-state index contributed by atoms with van der Waals surface area (Å²) in [5, 5.41) is 7.07. The second-order valence-corrected chi connectivity index (χ2v) is 15.2. The average molecular weight is 704 g/mol. The van der Waals surface area contributed by atoms with Gasteiger partial charge in [-0.1, -0.05) is 166 Å². The molecule has 55 heavy (non-hydrogen) atoms. The number of hydrogen-bond donors (Lipinski definition) is 0. The number of rotatable bonds is 5. The Labute approximate surface area is 320 Å². The first-order valence-corrected chi connectivity index (χ1v) is 19.1. The first-order chi connectivity index (χ1) is 27.1. The van der Waals surface area contributed by atoms with E-state index < -0.39 is 0 Å². The van der Waals surface area contributed by atoms with Gasteiger partial charge in [0.05, 0.1) is 11.4 Å². The molecule has 1 aliphatic carbocycles. The molecule has 10 aromatic rings. The van der Waals surface area contributed by atoms with Gasteiger partial charge in [0.25, 0.3) is 0 Å². The first kappa shape index (κ1) is 31.6. The minimum atomic E-state index is -0.208. The quantitative estimate of drug-likeness (QED) is 0.177. The monoisotopic (exact) mass is 703 g/mol. The van der Waals surface area contributed by atoms with Gasteiger partial charge in [-0.05, 0) is 91.5 Å². The summed E-state index contributed by atoms with van der Waals surface area (Å²) in [6, 6.07) is 68.4. The molecular weight excluding hydrogens is 667 g/mol. The number of nitrogens with zero attached hydrogens (tertiary/aromatic N) is 1. The van der Waals surface area contributed by atoms with E-state index in [4.69, 9.17) is 4.42 Å². The van der Waals surface area contributed by atoms with E-state index in [0.717, 1.165) is 49.8 Å². The fraction of sp³-hybridized carbons (Fsp3) is 0.0566. The van der Waals surface area contributed by atoms with E-state index in [1.807, 2.05) is 0 Å². The van der Waals surface area contributed by atoms with Crippen LogP contribution in [0.15, 0.2) is 192 Å². The van der Waals surface area contributed by atoms with E-state index in [1.165, 1.54) is 55.2 Å². The molecule has 0 saturated heterocycles. The summed E-state index contributed by atoms with van der Waals surface area (Å²) in [4.78, 5) is 2.49. The van der Waals surface area contributed by atoms with E-state index in [1.54, 1.807) is 0 Å². The molecule has 0 atom stereocenters. The van der Waals surface area contributed by atoms with Crippen molar-refractivity contribution in [2.24, 2.45) is 0 Å². The minimum Gasteiger partial charge on any atom is -0.455 e. The fourth-order valence-corrected chi connectivity index (χ4v) is 9.36. The maximum atomic E-state index is 6.69. The predicted molar refractivity (Wildman–Crippen MR) is 232 cm³/mol. The minimum absolute atomic E-state index is 0.208. The van der Waals surface area contributed by atoms with Crippen molar-refractivity contribution in [1.82, 2.24) is 0 Å². The van der Waals surface area contributed by atoms with Crippen LogP contribution in [0.1, 0.15) is 25.0 Å². The lowest BCUT2D eigenvalue weighted by molar-refractivity contribution is 0.661. The summed E-state index contributed by atoms with van der Waals surface area (Å²) in [5.41, 5.74) is 15.0. The molecule has 9 aromatic carbocycles. The van der Waals surface area contributed by atoms with Gasteiger partial charge in [0.1, 0.15) is 11.2 Å². The lowest BCUT2D eigenvalue weighted by atomic mass is 9.81. The highest BCUT2D eigenvalue weighted by Gasteiger charge is 2.39. The summed E-state index contributed by atoms with van der Waals surface area (Å²) in [5.74, 6) is 0. The topological polar surface area (TPSA) is 16.4 Å². The van der Waals surface area contributed by atoms with Crippen molar-refractivity contribution >= 4 is 60.5 Å². The molecule has 260 valence electrons. The van der Waals surface area contributed by atoms with Crippen LogP contribution in [-0.2, 0) is 5.41 Å². The Morgan fingerprint density at radius 1 is 0.418 bits per heavy atom. The van der Waals surface area contributed by atoms with Crippen molar-refractivity contribution in [2.45, 2.75) is 19.3 Å². The number of benzene rings is 9. The number of anilines is 3. The summed E-state index contributed by atoms with van der Waals surface area (Å²) < 4.78 is 6.69. The summed E-state index contributed by atoms with van der Waals surface area (Å²) in [6.07, 6.45) is 0. The maximum absolute atomic E-state index is 6.69. The molecule has 0 radical (unpaired) electrons. The Hall–Kier alpha value is -6.90. The summed E-state index contributed by atoms with van der Waals surface area (Å²) in [7, 11) is 0. The largest absolute Gasteiger partial charge is 0.455 e. The van der Waals surface area contributed by atoms with Crippen molar-refractivity contribution in [3.05, 3.63) is 199 Å².